The quantitative estimate of drug-likeness (QED) is 0.373. The molecule has 3 rings (SSSR count). The van der Waals surface area contributed by atoms with Crippen LogP contribution < -0.4 is 0 Å². The number of oxime groups is 1. The Morgan fingerprint density at radius 2 is 1.88 bits per heavy atom. The SMILES string of the molecule is C#CC1=NO[C@H]([C@@H](COS(=O)(=O)c2ccc(C)cc2)OC[C@H](O)COCc2ccccc2)C1. The zero-order chi connectivity index (χ0) is 23.7. The Balaban J connectivity index is 1.54. The summed E-state index contributed by atoms with van der Waals surface area (Å²) in [6.45, 7) is 1.81. The Bertz CT molecular complexity index is 1060. The number of rotatable bonds is 12. The second-order valence-corrected chi connectivity index (χ2v) is 9.22. The molecule has 2 aromatic rings. The lowest BCUT2D eigenvalue weighted by Gasteiger charge is -2.23. The van der Waals surface area contributed by atoms with Gasteiger partial charge in [-0.25, -0.2) is 0 Å². The zero-order valence-electron chi connectivity index (χ0n) is 18.3. The highest BCUT2D eigenvalue weighted by Crippen LogP contribution is 2.20. The number of aryl methyl sites for hydroxylation is 1. The summed E-state index contributed by atoms with van der Waals surface area (Å²) in [5.74, 6) is 2.40. The molecule has 1 heterocycles. The van der Waals surface area contributed by atoms with Gasteiger partial charge in [-0.15, -0.1) is 6.42 Å². The van der Waals surface area contributed by atoms with Crippen molar-refractivity contribution in [2.24, 2.45) is 5.16 Å². The van der Waals surface area contributed by atoms with Crippen LogP contribution in [-0.4, -0.2) is 57.4 Å². The summed E-state index contributed by atoms with van der Waals surface area (Å²) in [7, 11) is -4.00. The summed E-state index contributed by atoms with van der Waals surface area (Å²) >= 11 is 0. The normalized spacial score (nSPS) is 17.6. The number of nitrogens with zero attached hydrogens (tertiary/aromatic N) is 1. The fourth-order valence-corrected chi connectivity index (χ4v) is 3.96. The largest absolute Gasteiger partial charge is 0.388 e. The smallest absolute Gasteiger partial charge is 0.297 e. The lowest BCUT2D eigenvalue weighted by molar-refractivity contribution is -0.105. The Hall–Kier alpha value is -2.74. The molecule has 0 saturated carbocycles. The Morgan fingerprint density at radius 3 is 2.55 bits per heavy atom. The maximum atomic E-state index is 12.5. The minimum Gasteiger partial charge on any atom is -0.388 e. The first kappa shape index (κ1) is 24.9. The molecule has 33 heavy (non-hydrogen) atoms. The molecular formula is C24H27NO7S. The summed E-state index contributed by atoms with van der Waals surface area (Å²) < 4.78 is 41.6. The number of aliphatic hydroxyl groups excluding tert-OH is 1. The van der Waals surface area contributed by atoms with E-state index in [9.17, 15) is 13.5 Å². The minimum absolute atomic E-state index is 0.0362. The van der Waals surface area contributed by atoms with E-state index in [1.165, 1.54) is 12.1 Å². The molecule has 0 amide bonds. The van der Waals surface area contributed by atoms with E-state index in [2.05, 4.69) is 11.1 Å². The first-order valence-corrected chi connectivity index (χ1v) is 11.8. The first-order valence-electron chi connectivity index (χ1n) is 10.4. The van der Waals surface area contributed by atoms with Gasteiger partial charge in [0.15, 0.2) is 6.10 Å². The van der Waals surface area contributed by atoms with Crippen LogP contribution in [0.2, 0.25) is 0 Å². The number of ether oxygens (including phenoxy) is 2. The van der Waals surface area contributed by atoms with Gasteiger partial charge in [0.05, 0.1) is 31.3 Å². The van der Waals surface area contributed by atoms with Gasteiger partial charge in [0.2, 0.25) is 0 Å². The van der Waals surface area contributed by atoms with E-state index in [0.717, 1.165) is 11.1 Å². The van der Waals surface area contributed by atoms with Crippen molar-refractivity contribution in [1.29, 1.82) is 0 Å². The predicted molar refractivity (Wildman–Crippen MR) is 122 cm³/mol. The Morgan fingerprint density at radius 1 is 1.15 bits per heavy atom. The third-order valence-electron chi connectivity index (χ3n) is 4.90. The molecule has 0 unspecified atom stereocenters. The average Bonchev–Trinajstić information content (AvgIpc) is 3.29. The van der Waals surface area contributed by atoms with Gasteiger partial charge >= 0.3 is 0 Å². The number of hydrogen-bond acceptors (Lipinski definition) is 8. The number of benzene rings is 2. The van der Waals surface area contributed by atoms with Crippen LogP contribution in [0.5, 0.6) is 0 Å². The summed E-state index contributed by atoms with van der Waals surface area (Å²) in [6.07, 6.45) is 3.24. The second-order valence-electron chi connectivity index (χ2n) is 7.61. The van der Waals surface area contributed by atoms with E-state index in [4.69, 9.17) is 24.9 Å². The van der Waals surface area contributed by atoms with E-state index >= 15 is 0 Å². The zero-order valence-corrected chi connectivity index (χ0v) is 19.1. The van der Waals surface area contributed by atoms with Crippen molar-refractivity contribution in [3.05, 3.63) is 65.7 Å². The van der Waals surface area contributed by atoms with E-state index < -0.39 is 28.4 Å². The molecule has 2 aromatic carbocycles. The Kier molecular flexibility index (Phi) is 9.00. The third kappa shape index (κ3) is 7.67. The molecule has 8 nitrogen and oxygen atoms in total. The average molecular weight is 474 g/mol. The molecule has 1 aliphatic rings. The number of hydrogen-bond donors (Lipinski definition) is 1. The molecule has 1 aliphatic heterocycles. The van der Waals surface area contributed by atoms with Crippen LogP contribution in [0.4, 0.5) is 0 Å². The van der Waals surface area contributed by atoms with Gasteiger partial charge in [0, 0.05) is 6.42 Å². The summed E-state index contributed by atoms with van der Waals surface area (Å²) in [5.41, 5.74) is 2.30. The maximum absolute atomic E-state index is 12.5. The molecule has 1 N–H and O–H groups in total. The molecule has 0 saturated heterocycles. The molecule has 3 atom stereocenters. The van der Waals surface area contributed by atoms with Crippen molar-refractivity contribution >= 4 is 15.8 Å². The van der Waals surface area contributed by atoms with E-state index in [0.29, 0.717) is 12.3 Å². The third-order valence-corrected chi connectivity index (χ3v) is 6.19. The predicted octanol–water partition coefficient (Wildman–Crippen LogP) is 2.44. The Labute approximate surface area is 194 Å². The van der Waals surface area contributed by atoms with Crippen LogP contribution in [0, 0.1) is 19.3 Å². The number of terminal acetylenes is 1. The fraction of sp³-hybridized carbons (Fsp3) is 0.375. The standard InChI is InChI=1S/C24H27NO7S/c1-3-20-13-23(32-25-20)24(17-31-33(27,28)22-11-9-18(2)10-12-22)30-16-21(26)15-29-14-19-7-5-4-6-8-19/h1,4-12,21,23-24,26H,13-17H2,2H3/t21-,23+,24-/m1/s1. The lowest BCUT2D eigenvalue weighted by Crippen LogP contribution is -2.37. The maximum Gasteiger partial charge on any atom is 0.297 e. The molecule has 0 aliphatic carbocycles. The molecular weight excluding hydrogens is 446 g/mol. The van der Waals surface area contributed by atoms with Crippen LogP contribution >= 0.6 is 0 Å². The summed E-state index contributed by atoms with van der Waals surface area (Å²) in [5, 5.41) is 14.0. The topological polar surface area (TPSA) is 104 Å². The molecule has 0 fully saturated rings. The first-order chi connectivity index (χ1) is 15.9. The molecule has 9 heteroatoms. The van der Waals surface area contributed by atoms with Crippen molar-refractivity contribution in [3.63, 3.8) is 0 Å². The summed E-state index contributed by atoms with van der Waals surface area (Å²) in [6, 6.07) is 15.9. The van der Waals surface area contributed by atoms with E-state index in [-0.39, 0.29) is 31.1 Å². The lowest BCUT2D eigenvalue weighted by atomic mass is 10.1. The monoisotopic (exact) mass is 473 g/mol. The highest BCUT2D eigenvalue weighted by molar-refractivity contribution is 7.86. The van der Waals surface area contributed by atoms with Crippen molar-refractivity contribution < 1.29 is 32.0 Å². The second kappa shape index (κ2) is 11.9. The van der Waals surface area contributed by atoms with E-state index in [1.54, 1.807) is 12.1 Å². The van der Waals surface area contributed by atoms with Crippen LogP contribution in [0.15, 0.2) is 64.6 Å². The highest BCUT2D eigenvalue weighted by atomic mass is 32.2. The van der Waals surface area contributed by atoms with Crippen molar-refractivity contribution in [1.82, 2.24) is 0 Å². The van der Waals surface area contributed by atoms with Crippen molar-refractivity contribution in [2.75, 3.05) is 19.8 Å². The van der Waals surface area contributed by atoms with Crippen LogP contribution in [0.25, 0.3) is 0 Å². The van der Waals surface area contributed by atoms with Gasteiger partial charge in [-0.05, 0) is 24.6 Å². The van der Waals surface area contributed by atoms with Gasteiger partial charge < -0.3 is 19.4 Å². The van der Waals surface area contributed by atoms with Gasteiger partial charge in [-0.1, -0.05) is 59.1 Å². The van der Waals surface area contributed by atoms with Crippen molar-refractivity contribution in [2.45, 2.75) is 43.2 Å². The summed E-state index contributed by atoms with van der Waals surface area (Å²) in [4.78, 5) is 5.35. The number of aliphatic hydroxyl groups is 1. The molecule has 0 spiro atoms. The van der Waals surface area contributed by atoms with Gasteiger partial charge in [0.25, 0.3) is 10.1 Å². The van der Waals surface area contributed by atoms with Crippen LogP contribution in [0.3, 0.4) is 0 Å². The van der Waals surface area contributed by atoms with Gasteiger partial charge in [-0.3, -0.25) is 4.18 Å². The van der Waals surface area contributed by atoms with Crippen molar-refractivity contribution in [3.8, 4) is 12.3 Å². The molecule has 176 valence electrons. The van der Waals surface area contributed by atoms with Crippen LogP contribution in [-0.2, 0) is 35.2 Å². The van der Waals surface area contributed by atoms with Gasteiger partial charge in [0.1, 0.15) is 17.9 Å². The minimum atomic E-state index is -4.00. The fourth-order valence-electron chi connectivity index (χ4n) is 3.04. The molecule has 0 aromatic heterocycles. The van der Waals surface area contributed by atoms with Gasteiger partial charge in [-0.2, -0.15) is 8.42 Å². The van der Waals surface area contributed by atoms with Crippen LogP contribution in [0.1, 0.15) is 17.5 Å². The highest BCUT2D eigenvalue weighted by Gasteiger charge is 2.32. The molecule has 0 radical (unpaired) electrons. The molecule has 0 bridgehead atoms. The van der Waals surface area contributed by atoms with E-state index in [1.807, 2.05) is 37.3 Å².